The molecule has 128 valence electrons. The lowest BCUT2D eigenvalue weighted by Gasteiger charge is -2.16. The summed E-state index contributed by atoms with van der Waals surface area (Å²) in [7, 11) is 0. The number of aryl methyl sites for hydroxylation is 1. The Kier molecular flexibility index (Phi) is 9.35. The van der Waals surface area contributed by atoms with Gasteiger partial charge in [-0.1, -0.05) is 65.4 Å². The number of aromatic hydroxyl groups is 1. The number of carbonyl (C=O) groups excluding carboxylic acids is 1. The first-order valence-electron chi connectivity index (χ1n) is 9.11. The maximum absolute atomic E-state index is 11.9. The van der Waals surface area contributed by atoms with Gasteiger partial charge in [-0.05, 0) is 48.6 Å². The van der Waals surface area contributed by atoms with E-state index >= 15 is 0 Å². The quantitative estimate of drug-likeness (QED) is 0.288. The number of allylic oxidation sites excluding steroid dienone is 1. The van der Waals surface area contributed by atoms with Crippen molar-refractivity contribution >= 4 is 5.78 Å². The normalized spacial score (nSPS) is 12.1. The average molecular weight is 316 g/mol. The molecule has 0 bridgehead atoms. The largest absolute Gasteiger partial charge is 0.508 e. The van der Waals surface area contributed by atoms with Gasteiger partial charge in [0.25, 0.3) is 0 Å². The SMILES string of the molecule is C=CC(=O)c1ccc(O)cc1CCC(CC)CCCCCCC. The van der Waals surface area contributed by atoms with Crippen molar-refractivity contribution in [2.24, 2.45) is 5.92 Å². The first-order chi connectivity index (χ1) is 11.1. The maximum Gasteiger partial charge on any atom is 0.185 e. The minimum absolute atomic E-state index is 0.0624. The Morgan fingerprint density at radius 1 is 1.17 bits per heavy atom. The average Bonchev–Trinajstić information content (AvgIpc) is 2.56. The van der Waals surface area contributed by atoms with Gasteiger partial charge in [-0.2, -0.15) is 0 Å². The first kappa shape index (κ1) is 19.5. The summed E-state index contributed by atoms with van der Waals surface area (Å²) in [5, 5.41) is 9.70. The van der Waals surface area contributed by atoms with Gasteiger partial charge in [0.05, 0.1) is 0 Å². The van der Waals surface area contributed by atoms with Crippen LogP contribution in [0.3, 0.4) is 0 Å². The molecule has 23 heavy (non-hydrogen) atoms. The number of rotatable bonds is 12. The van der Waals surface area contributed by atoms with Crippen LogP contribution in [0.4, 0.5) is 0 Å². The predicted octanol–water partition coefficient (Wildman–Crippen LogP) is 6.08. The minimum atomic E-state index is -0.0624. The van der Waals surface area contributed by atoms with Gasteiger partial charge in [-0.3, -0.25) is 4.79 Å². The van der Waals surface area contributed by atoms with Crippen molar-refractivity contribution in [3.63, 3.8) is 0 Å². The Bertz CT molecular complexity index is 491. The van der Waals surface area contributed by atoms with Crippen molar-refractivity contribution in [1.29, 1.82) is 0 Å². The van der Waals surface area contributed by atoms with Crippen molar-refractivity contribution < 1.29 is 9.90 Å². The molecule has 0 heterocycles. The van der Waals surface area contributed by atoms with Crippen LogP contribution in [0.5, 0.6) is 5.75 Å². The van der Waals surface area contributed by atoms with Crippen LogP contribution in [0.25, 0.3) is 0 Å². The summed E-state index contributed by atoms with van der Waals surface area (Å²) in [5.74, 6) is 0.867. The first-order valence-corrected chi connectivity index (χ1v) is 9.11. The number of hydrogen-bond acceptors (Lipinski definition) is 2. The summed E-state index contributed by atoms with van der Waals surface area (Å²) >= 11 is 0. The summed E-state index contributed by atoms with van der Waals surface area (Å²) in [4.78, 5) is 11.9. The summed E-state index contributed by atoms with van der Waals surface area (Å²) in [6, 6.07) is 5.01. The standard InChI is InChI=1S/C21H32O2/c1-4-7-8-9-10-11-17(5-2)12-13-18-16-19(22)14-15-20(18)21(23)6-3/h6,14-17,22H,3-5,7-13H2,1-2H3. The molecule has 0 amide bonds. The van der Waals surface area contributed by atoms with Crippen LogP contribution in [0.2, 0.25) is 0 Å². The number of ketones is 1. The Morgan fingerprint density at radius 2 is 1.91 bits per heavy atom. The summed E-state index contributed by atoms with van der Waals surface area (Å²) in [5.41, 5.74) is 1.62. The number of phenolic OH excluding ortho intramolecular Hbond substituents is 1. The van der Waals surface area contributed by atoms with E-state index in [-0.39, 0.29) is 11.5 Å². The third-order valence-corrected chi connectivity index (χ3v) is 4.65. The smallest absolute Gasteiger partial charge is 0.185 e. The lowest BCUT2D eigenvalue weighted by molar-refractivity contribution is 0.104. The molecule has 1 unspecified atom stereocenters. The van der Waals surface area contributed by atoms with Crippen molar-refractivity contribution in [1.82, 2.24) is 0 Å². The van der Waals surface area contributed by atoms with Crippen molar-refractivity contribution in [2.45, 2.75) is 71.6 Å². The van der Waals surface area contributed by atoms with Gasteiger partial charge in [0.1, 0.15) is 5.75 Å². The second-order valence-electron chi connectivity index (χ2n) is 6.43. The van der Waals surface area contributed by atoms with Crippen molar-refractivity contribution in [3.8, 4) is 5.75 Å². The molecule has 1 aromatic rings. The molecule has 0 aromatic heterocycles. The molecular weight excluding hydrogens is 284 g/mol. The Balaban J connectivity index is 2.56. The van der Waals surface area contributed by atoms with Crippen LogP contribution in [-0.4, -0.2) is 10.9 Å². The highest BCUT2D eigenvalue weighted by atomic mass is 16.3. The van der Waals surface area contributed by atoms with E-state index in [1.54, 1.807) is 18.2 Å². The fourth-order valence-corrected chi connectivity index (χ4v) is 3.09. The molecule has 1 rings (SSSR count). The van der Waals surface area contributed by atoms with Crippen LogP contribution in [0, 0.1) is 5.92 Å². The predicted molar refractivity (Wildman–Crippen MR) is 98.1 cm³/mol. The summed E-state index contributed by atoms with van der Waals surface area (Å²) < 4.78 is 0. The van der Waals surface area contributed by atoms with Gasteiger partial charge >= 0.3 is 0 Å². The Morgan fingerprint density at radius 3 is 2.57 bits per heavy atom. The molecule has 0 aliphatic heterocycles. The lowest BCUT2D eigenvalue weighted by atomic mass is 9.90. The van der Waals surface area contributed by atoms with Gasteiger partial charge in [-0.25, -0.2) is 0 Å². The van der Waals surface area contributed by atoms with Crippen LogP contribution < -0.4 is 0 Å². The molecule has 0 saturated carbocycles. The summed E-state index contributed by atoms with van der Waals surface area (Å²) in [6.45, 7) is 8.05. The van der Waals surface area contributed by atoms with E-state index in [0.29, 0.717) is 11.5 Å². The van der Waals surface area contributed by atoms with Gasteiger partial charge < -0.3 is 5.11 Å². The highest BCUT2D eigenvalue weighted by molar-refractivity contribution is 6.05. The van der Waals surface area contributed by atoms with Crippen LogP contribution in [-0.2, 0) is 6.42 Å². The number of hydrogen-bond donors (Lipinski definition) is 1. The number of unbranched alkanes of at least 4 members (excludes halogenated alkanes) is 4. The van der Waals surface area contributed by atoms with Crippen molar-refractivity contribution in [3.05, 3.63) is 42.0 Å². The second-order valence-corrected chi connectivity index (χ2v) is 6.43. The molecule has 1 N–H and O–H groups in total. The lowest BCUT2D eigenvalue weighted by Crippen LogP contribution is -2.05. The van der Waals surface area contributed by atoms with E-state index in [0.717, 1.165) is 18.4 Å². The Hall–Kier alpha value is -1.57. The molecule has 1 atom stereocenters. The van der Waals surface area contributed by atoms with E-state index in [1.165, 1.54) is 51.0 Å². The molecular formula is C21H32O2. The van der Waals surface area contributed by atoms with E-state index < -0.39 is 0 Å². The van der Waals surface area contributed by atoms with Gasteiger partial charge in [0.15, 0.2) is 5.78 Å². The van der Waals surface area contributed by atoms with E-state index in [4.69, 9.17) is 0 Å². The summed E-state index contributed by atoms with van der Waals surface area (Å²) in [6.07, 6.45) is 12.3. The van der Waals surface area contributed by atoms with Crippen LogP contribution >= 0.6 is 0 Å². The number of phenols is 1. The zero-order valence-electron chi connectivity index (χ0n) is 14.8. The maximum atomic E-state index is 11.9. The van der Waals surface area contributed by atoms with Gasteiger partial charge in [0, 0.05) is 5.56 Å². The molecule has 0 saturated heterocycles. The third-order valence-electron chi connectivity index (χ3n) is 4.65. The number of benzene rings is 1. The van der Waals surface area contributed by atoms with Crippen LogP contribution in [0.1, 0.15) is 81.1 Å². The van der Waals surface area contributed by atoms with Crippen molar-refractivity contribution in [2.75, 3.05) is 0 Å². The molecule has 0 aliphatic rings. The van der Waals surface area contributed by atoms with E-state index in [9.17, 15) is 9.90 Å². The number of carbonyl (C=O) groups is 1. The topological polar surface area (TPSA) is 37.3 Å². The zero-order valence-corrected chi connectivity index (χ0v) is 14.8. The van der Waals surface area contributed by atoms with Crippen LogP contribution in [0.15, 0.2) is 30.9 Å². The van der Waals surface area contributed by atoms with Gasteiger partial charge in [0.2, 0.25) is 0 Å². The Labute approximate surface area is 141 Å². The van der Waals surface area contributed by atoms with E-state index in [2.05, 4.69) is 20.4 Å². The highest BCUT2D eigenvalue weighted by Crippen LogP contribution is 2.24. The zero-order chi connectivity index (χ0) is 17.1. The molecule has 2 nitrogen and oxygen atoms in total. The van der Waals surface area contributed by atoms with E-state index in [1.807, 2.05) is 0 Å². The fourth-order valence-electron chi connectivity index (χ4n) is 3.09. The second kappa shape index (κ2) is 11.0. The third kappa shape index (κ3) is 7.02. The molecule has 0 aliphatic carbocycles. The monoisotopic (exact) mass is 316 g/mol. The molecule has 0 fully saturated rings. The molecule has 0 radical (unpaired) electrons. The molecule has 0 spiro atoms. The highest BCUT2D eigenvalue weighted by Gasteiger charge is 2.12. The minimum Gasteiger partial charge on any atom is -0.508 e. The fraction of sp³-hybridized carbons (Fsp3) is 0.571. The molecule has 2 heteroatoms. The van der Waals surface area contributed by atoms with Gasteiger partial charge in [-0.15, -0.1) is 0 Å². The molecule has 1 aromatic carbocycles.